The average Bonchev–Trinajstić information content (AvgIpc) is 3.13. The molecule has 2 heterocycles. The maximum Gasteiger partial charge on any atom is 0.295 e. The summed E-state index contributed by atoms with van der Waals surface area (Å²) in [5.74, 6) is -1.78. The van der Waals surface area contributed by atoms with E-state index in [1.54, 1.807) is 42.7 Å². The third-order valence-electron chi connectivity index (χ3n) is 5.64. The number of nitro groups is 1. The molecule has 0 saturated carbocycles. The van der Waals surface area contributed by atoms with Gasteiger partial charge < -0.3 is 14.7 Å². The Morgan fingerprint density at radius 2 is 1.89 bits per heavy atom. The van der Waals surface area contributed by atoms with Crippen LogP contribution < -0.4 is 14.8 Å². The van der Waals surface area contributed by atoms with Gasteiger partial charge in [-0.3, -0.25) is 19.7 Å². The van der Waals surface area contributed by atoms with Gasteiger partial charge in [0.1, 0.15) is 5.75 Å². The summed E-state index contributed by atoms with van der Waals surface area (Å²) in [5.41, 5.74) is 0.791. The van der Waals surface area contributed by atoms with Crippen LogP contribution >= 0.6 is 0 Å². The molecule has 1 N–H and O–H groups in total. The van der Waals surface area contributed by atoms with E-state index in [2.05, 4.69) is 4.98 Å². The number of H-pyrrole nitrogens is 1. The number of amides is 1. The Morgan fingerprint density at radius 1 is 1.11 bits per heavy atom. The zero-order valence-electron chi connectivity index (χ0n) is 19.0. The van der Waals surface area contributed by atoms with Crippen molar-refractivity contribution in [3.63, 3.8) is 0 Å². The lowest BCUT2D eigenvalue weighted by Gasteiger charge is -2.27. The third kappa shape index (κ3) is 4.89. The summed E-state index contributed by atoms with van der Waals surface area (Å²) in [6.07, 6.45) is 4.21. The number of carbonyl (C=O) groups excluding carboxylic acids is 2. The Morgan fingerprint density at radius 3 is 2.54 bits per heavy atom. The number of ether oxygens (including phenoxy) is 1. The van der Waals surface area contributed by atoms with Gasteiger partial charge in [0.25, 0.3) is 11.6 Å². The first kappa shape index (κ1) is 23.6. The lowest BCUT2D eigenvalue weighted by atomic mass is 9.95. The Balaban J connectivity index is 1.82. The number of benzene rings is 2. The van der Waals surface area contributed by atoms with Gasteiger partial charge in [-0.2, -0.15) is 0 Å². The Labute approximate surface area is 201 Å². The van der Waals surface area contributed by atoms with Gasteiger partial charge in [0.05, 0.1) is 24.1 Å². The number of Topliss-reactive ketones (excluding diaryl/α,β-unsaturated/α-hetero) is 1. The number of likely N-dealkylation sites (tertiary alicyclic amines) is 1. The van der Waals surface area contributed by atoms with Crippen LogP contribution in [-0.2, 0) is 16.1 Å². The van der Waals surface area contributed by atoms with Crippen LogP contribution in [0, 0.1) is 10.1 Å². The molecule has 1 amide bonds. The van der Waals surface area contributed by atoms with Crippen molar-refractivity contribution in [2.24, 2.45) is 0 Å². The van der Waals surface area contributed by atoms with E-state index in [4.69, 9.17) is 4.74 Å². The number of hydrogen-bond donors (Lipinski definition) is 0. The molecule has 9 heteroatoms. The van der Waals surface area contributed by atoms with Gasteiger partial charge in [-0.05, 0) is 35.7 Å². The van der Waals surface area contributed by atoms with Crippen molar-refractivity contribution in [3.05, 3.63) is 105 Å². The van der Waals surface area contributed by atoms with Crippen molar-refractivity contribution in [1.82, 2.24) is 4.90 Å². The number of nitro benzene ring substituents is 1. The van der Waals surface area contributed by atoms with Gasteiger partial charge in [0, 0.05) is 29.3 Å². The highest BCUT2D eigenvalue weighted by molar-refractivity contribution is 6.46. The minimum absolute atomic E-state index is 0.0375. The first-order valence-electron chi connectivity index (χ1n) is 11.1. The number of aromatic amines is 1. The molecular weight excluding hydrogens is 450 g/mol. The molecule has 1 saturated heterocycles. The standard InChI is InChI=1S/C26H23N3O6/c1-2-13-35-21-10-8-18(9-11-21)24(30)22-23(19-6-3-7-20(14-19)29(33)34)28(26(32)25(22)31)16-17-5-4-12-27-15-17/h3-12,14-15,23,30H,2,13,16H2,1H3/b24-22+. The maximum atomic E-state index is 13.5. The SMILES string of the molecule is CCCOc1ccc(/C([O-])=C2\C(=O)C(=O)N(Cc3ccc[nH+]c3)C2c2cccc([N+](=O)[O-])c2)cc1. The van der Waals surface area contributed by atoms with Crippen molar-refractivity contribution >= 4 is 23.1 Å². The Kier molecular flexibility index (Phi) is 6.86. The molecule has 1 aliphatic rings. The zero-order valence-corrected chi connectivity index (χ0v) is 19.0. The van der Waals surface area contributed by atoms with E-state index in [0.29, 0.717) is 23.5 Å². The smallest absolute Gasteiger partial charge is 0.295 e. The molecular formula is C26H23N3O6. The summed E-state index contributed by atoms with van der Waals surface area (Å²) in [6.45, 7) is 2.54. The van der Waals surface area contributed by atoms with Gasteiger partial charge in [-0.1, -0.05) is 36.9 Å². The number of aromatic nitrogens is 1. The van der Waals surface area contributed by atoms with Gasteiger partial charge in [0.15, 0.2) is 12.4 Å². The summed E-state index contributed by atoms with van der Waals surface area (Å²) >= 11 is 0. The van der Waals surface area contributed by atoms with Crippen molar-refractivity contribution in [3.8, 4) is 5.75 Å². The fourth-order valence-electron chi connectivity index (χ4n) is 3.99. The van der Waals surface area contributed by atoms with E-state index in [1.807, 2.05) is 6.92 Å². The van der Waals surface area contributed by atoms with Crippen LogP contribution in [0.5, 0.6) is 5.75 Å². The normalized spacial score (nSPS) is 16.9. The quantitative estimate of drug-likeness (QED) is 0.163. The fraction of sp³-hybridized carbons (Fsp3) is 0.192. The summed E-state index contributed by atoms with van der Waals surface area (Å²) in [5, 5.41) is 24.9. The molecule has 0 bridgehead atoms. The van der Waals surface area contributed by atoms with Crippen molar-refractivity contribution in [1.29, 1.82) is 0 Å². The van der Waals surface area contributed by atoms with E-state index >= 15 is 0 Å². The summed E-state index contributed by atoms with van der Waals surface area (Å²) in [4.78, 5) is 41.2. The predicted molar refractivity (Wildman–Crippen MR) is 124 cm³/mol. The zero-order chi connectivity index (χ0) is 24.9. The van der Waals surface area contributed by atoms with Crippen LogP contribution in [0.1, 0.15) is 36.1 Å². The molecule has 1 aromatic heterocycles. The third-order valence-corrected chi connectivity index (χ3v) is 5.64. The molecule has 35 heavy (non-hydrogen) atoms. The number of non-ortho nitro benzene ring substituents is 1. The van der Waals surface area contributed by atoms with E-state index in [9.17, 15) is 24.8 Å². The summed E-state index contributed by atoms with van der Waals surface area (Å²) in [7, 11) is 0. The molecule has 9 nitrogen and oxygen atoms in total. The van der Waals surface area contributed by atoms with Crippen molar-refractivity contribution < 1.29 is 29.3 Å². The number of nitrogens with one attached hydrogen (secondary N) is 1. The van der Waals surface area contributed by atoms with Crippen LogP contribution in [-0.4, -0.2) is 28.1 Å². The molecule has 1 fully saturated rings. The van der Waals surface area contributed by atoms with Crippen LogP contribution in [0.4, 0.5) is 5.69 Å². The highest BCUT2D eigenvalue weighted by atomic mass is 16.6. The molecule has 4 rings (SSSR count). The second-order valence-corrected chi connectivity index (χ2v) is 8.04. The number of ketones is 1. The molecule has 3 aromatic rings. The molecule has 0 spiro atoms. The molecule has 1 unspecified atom stereocenters. The van der Waals surface area contributed by atoms with E-state index in [-0.39, 0.29) is 23.4 Å². The Bertz CT molecular complexity index is 1290. The lowest BCUT2D eigenvalue weighted by molar-refractivity contribution is -0.385. The number of pyridine rings is 1. The molecule has 0 aliphatic carbocycles. The minimum atomic E-state index is -1.07. The van der Waals surface area contributed by atoms with Gasteiger partial charge in [-0.15, -0.1) is 0 Å². The number of carbonyl (C=O) groups is 2. The number of hydrogen-bond acceptors (Lipinski definition) is 6. The predicted octanol–water partition coefficient (Wildman–Crippen LogP) is 2.62. The number of rotatable bonds is 8. The molecule has 1 atom stereocenters. The largest absolute Gasteiger partial charge is 0.872 e. The highest BCUT2D eigenvalue weighted by Crippen LogP contribution is 2.40. The topological polar surface area (TPSA) is 127 Å². The van der Waals surface area contributed by atoms with Crippen LogP contribution in [0.15, 0.2) is 78.6 Å². The first-order valence-corrected chi connectivity index (χ1v) is 11.1. The molecule has 178 valence electrons. The van der Waals surface area contributed by atoms with Crippen molar-refractivity contribution in [2.45, 2.75) is 25.9 Å². The molecule has 1 aliphatic heterocycles. The van der Waals surface area contributed by atoms with Crippen LogP contribution in [0.3, 0.4) is 0 Å². The van der Waals surface area contributed by atoms with Gasteiger partial charge in [0.2, 0.25) is 5.78 Å². The minimum Gasteiger partial charge on any atom is -0.872 e. The van der Waals surface area contributed by atoms with E-state index in [0.717, 1.165) is 6.42 Å². The van der Waals surface area contributed by atoms with Gasteiger partial charge >= 0.3 is 0 Å². The van der Waals surface area contributed by atoms with Gasteiger partial charge in [-0.25, -0.2) is 4.98 Å². The summed E-state index contributed by atoms with van der Waals surface area (Å²) in [6, 6.07) is 14.4. The fourth-order valence-corrected chi connectivity index (χ4v) is 3.99. The second kappa shape index (κ2) is 10.2. The lowest BCUT2D eigenvalue weighted by Crippen LogP contribution is -2.29. The monoisotopic (exact) mass is 473 g/mol. The number of nitrogens with zero attached hydrogens (tertiary/aromatic N) is 2. The average molecular weight is 473 g/mol. The highest BCUT2D eigenvalue weighted by Gasteiger charge is 2.44. The van der Waals surface area contributed by atoms with Crippen molar-refractivity contribution in [2.75, 3.05) is 6.61 Å². The molecule has 0 radical (unpaired) electrons. The first-order chi connectivity index (χ1) is 16.9. The summed E-state index contributed by atoms with van der Waals surface area (Å²) < 4.78 is 5.55. The second-order valence-electron chi connectivity index (χ2n) is 8.04. The molecule has 2 aromatic carbocycles. The maximum absolute atomic E-state index is 13.5. The van der Waals surface area contributed by atoms with Crippen LogP contribution in [0.2, 0.25) is 0 Å². The van der Waals surface area contributed by atoms with E-state index in [1.165, 1.54) is 35.2 Å². The van der Waals surface area contributed by atoms with Crippen LogP contribution in [0.25, 0.3) is 5.76 Å². The van der Waals surface area contributed by atoms with E-state index < -0.39 is 28.4 Å². The Hall–Kier alpha value is -4.53.